The summed E-state index contributed by atoms with van der Waals surface area (Å²) in [4.78, 5) is 33.9. The number of Topliss-reactive ketones (excluding diaryl/α,β-unsaturated/α-hetero) is 1. The molecule has 0 atom stereocenters. The number of nitrogens with one attached hydrogen (secondary N) is 1. The van der Waals surface area contributed by atoms with E-state index in [0.717, 1.165) is 26.0 Å². The van der Waals surface area contributed by atoms with Gasteiger partial charge in [-0.2, -0.15) is 5.10 Å². The van der Waals surface area contributed by atoms with Crippen LogP contribution in [0.25, 0.3) is 0 Å². The van der Waals surface area contributed by atoms with Crippen molar-refractivity contribution >= 4 is 29.1 Å². The maximum atomic E-state index is 13.4. The van der Waals surface area contributed by atoms with E-state index in [2.05, 4.69) is 5.10 Å². The highest BCUT2D eigenvalue weighted by molar-refractivity contribution is 6.66. The van der Waals surface area contributed by atoms with Gasteiger partial charge in [-0.3, -0.25) is 15.0 Å². The number of carbonyl (C=O) groups is 3. The summed E-state index contributed by atoms with van der Waals surface area (Å²) in [5.41, 5.74) is -1.55. The first kappa shape index (κ1) is 17.2. The first-order chi connectivity index (χ1) is 10.1. The fraction of sp³-hybridized carbons (Fsp3) is 0.231. The van der Waals surface area contributed by atoms with E-state index in [1.54, 1.807) is 0 Å². The van der Waals surface area contributed by atoms with Crippen LogP contribution in [0.15, 0.2) is 23.3 Å². The third-order valence-corrected chi connectivity index (χ3v) is 2.74. The molecule has 0 bridgehead atoms. The molecule has 0 saturated heterocycles. The Bertz CT molecular complexity index is 670. The number of anilines is 1. The minimum Gasteiger partial charge on any atom is -0.481 e. The summed E-state index contributed by atoms with van der Waals surface area (Å²) >= 11 is 0. The van der Waals surface area contributed by atoms with Crippen molar-refractivity contribution in [2.24, 2.45) is 10.5 Å². The molecule has 0 unspecified atom stereocenters. The first-order valence-corrected chi connectivity index (χ1v) is 5.87. The maximum absolute atomic E-state index is 13.4. The van der Waals surface area contributed by atoms with Crippen LogP contribution in [0.1, 0.15) is 13.8 Å². The van der Waals surface area contributed by atoms with E-state index in [-0.39, 0.29) is 5.69 Å². The van der Waals surface area contributed by atoms with Crippen molar-refractivity contribution in [2.45, 2.75) is 13.8 Å². The number of aliphatic carboxylic acids is 2. The quantitative estimate of drug-likeness (QED) is 0.416. The Balaban J connectivity index is 3.13. The molecule has 1 aromatic carbocycles. The standard InChI is InChI=1S/C13H12F2N2O5/c1-13(2,12(21)22)10(18)9(11(19)20)17-16-8-4-3-6(14)5-7(8)15/h3-5,16H,1-2H3,(H,19,20)(H,21,22)/b17-9+. The van der Waals surface area contributed by atoms with Crippen molar-refractivity contribution in [2.75, 3.05) is 5.43 Å². The molecule has 0 saturated carbocycles. The van der Waals surface area contributed by atoms with Crippen LogP contribution >= 0.6 is 0 Å². The van der Waals surface area contributed by atoms with E-state index in [0.29, 0.717) is 6.07 Å². The van der Waals surface area contributed by atoms with Crippen molar-refractivity contribution in [1.29, 1.82) is 0 Å². The smallest absolute Gasteiger partial charge is 0.360 e. The van der Waals surface area contributed by atoms with Crippen molar-refractivity contribution in [3.8, 4) is 0 Å². The third kappa shape index (κ3) is 3.62. The van der Waals surface area contributed by atoms with Gasteiger partial charge in [0.15, 0.2) is 5.82 Å². The Morgan fingerprint density at radius 1 is 1.18 bits per heavy atom. The molecule has 0 heterocycles. The molecule has 1 aromatic rings. The van der Waals surface area contributed by atoms with Crippen molar-refractivity contribution in [3.63, 3.8) is 0 Å². The predicted octanol–water partition coefficient (Wildman–Crippen LogP) is 1.50. The Morgan fingerprint density at radius 2 is 1.77 bits per heavy atom. The zero-order valence-electron chi connectivity index (χ0n) is 11.6. The van der Waals surface area contributed by atoms with E-state index >= 15 is 0 Å². The fourth-order valence-electron chi connectivity index (χ4n) is 1.29. The lowest BCUT2D eigenvalue weighted by molar-refractivity contribution is -0.150. The number of carbonyl (C=O) groups excluding carboxylic acids is 1. The normalized spacial score (nSPS) is 11.9. The molecule has 7 nitrogen and oxygen atoms in total. The Kier molecular flexibility index (Phi) is 4.92. The van der Waals surface area contributed by atoms with Crippen LogP contribution in [0.3, 0.4) is 0 Å². The monoisotopic (exact) mass is 314 g/mol. The van der Waals surface area contributed by atoms with Crippen LogP contribution < -0.4 is 5.43 Å². The number of halogens is 2. The molecule has 0 aliphatic carbocycles. The minimum absolute atomic E-state index is 0.374. The fourth-order valence-corrected chi connectivity index (χ4v) is 1.29. The van der Waals surface area contributed by atoms with Gasteiger partial charge in [0.2, 0.25) is 11.5 Å². The van der Waals surface area contributed by atoms with Gasteiger partial charge in [0.05, 0.1) is 5.69 Å². The third-order valence-electron chi connectivity index (χ3n) is 2.74. The second kappa shape index (κ2) is 6.29. The SMILES string of the molecule is CC(C)(C(=O)O)C(=O)/C(=N\Nc1ccc(F)cc1F)C(=O)O. The van der Waals surface area contributed by atoms with Gasteiger partial charge in [-0.1, -0.05) is 0 Å². The molecule has 118 valence electrons. The summed E-state index contributed by atoms with van der Waals surface area (Å²) < 4.78 is 26.1. The number of benzene rings is 1. The Hall–Kier alpha value is -2.84. The van der Waals surface area contributed by atoms with Crippen molar-refractivity contribution in [3.05, 3.63) is 29.8 Å². The highest BCUT2D eigenvalue weighted by Gasteiger charge is 2.41. The summed E-state index contributed by atoms with van der Waals surface area (Å²) in [5.74, 6) is -6.51. The molecule has 0 aliphatic heterocycles. The first-order valence-electron chi connectivity index (χ1n) is 5.87. The van der Waals surface area contributed by atoms with Gasteiger partial charge in [-0.15, -0.1) is 0 Å². The second-order valence-corrected chi connectivity index (χ2v) is 4.76. The Labute approximate surface area is 123 Å². The summed E-state index contributed by atoms with van der Waals surface area (Å²) in [6.07, 6.45) is 0. The average Bonchev–Trinajstić information content (AvgIpc) is 2.40. The van der Waals surface area contributed by atoms with Crippen LogP contribution in [-0.4, -0.2) is 33.6 Å². The van der Waals surface area contributed by atoms with Gasteiger partial charge < -0.3 is 10.2 Å². The van der Waals surface area contributed by atoms with Crippen LogP contribution in [0.2, 0.25) is 0 Å². The van der Waals surface area contributed by atoms with Gasteiger partial charge >= 0.3 is 11.9 Å². The average molecular weight is 314 g/mol. The van der Waals surface area contributed by atoms with Gasteiger partial charge in [-0.05, 0) is 26.0 Å². The number of hydrogen-bond acceptors (Lipinski definition) is 5. The molecule has 3 N–H and O–H groups in total. The Morgan fingerprint density at radius 3 is 2.23 bits per heavy atom. The number of carboxylic acid groups (broad SMARTS) is 2. The van der Waals surface area contributed by atoms with Gasteiger partial charge in [-0.25, -0.2) is 13.6 Å². The van der Waals surface area contributed by atoms with Crippen molar-refractivity contribution < 1.29 is 33.4 Å². The summed E-state index contributed by atoms with van der Waals surface area (Å²) in [6.45, 7) is 2.02. The topological polar surface area (TPSA) is 116 Å². The zero-order chi connectivity index (χ0) is 17.1. The summed E-state index contributed by atoms with van der Waals surface area (Å²) in [6, 6.07) is 2.37. The van der Waals surface area contributed by atoms with Gasteiger partial charge in [0, 0.05) is 6.07 Å². The van der Waals surface area contributed by atoms with Crippen LogP contribution in [0, 0.1) is 17.0 Å². The number of nitrogens with zero attached hydrogens (tertiary/aromatic N) is 1. The second-order valence-electron chi connectivity index (χ2n) is 4.76. The molecular weight excluding hydrogens is 302 g/mol. The molecule has 1 rings (SSSR count). The van der Waals surface area contributed by atoms with Gasteiger partial charge in [0.1, 0.15) is 11.2 Å². The molecule has 0 radical (unpaired) electrons. The molecule has 9 heteroatoms. The van der Waals surface area contributed by atoms with E-state index in [1.807, 2.05) is 5.43 Å². The number of rotatable bonds is 6. The van der Waals surface area contributed by atoms with E-state index in [9.17, 15) is 23.2 Å². The molecule has 0 fully saturated rings. The molecule has 0 aromatic heterocycles. The predicted molar refractivity (Wildman–Crippen MR) is 71.5 cm³/mol. The zero-order valence-corrected chi connectivity index (χ0v) is 11.6. The summed E-state index contributed by atoms with van der Waals surface area (Å²) in [7, 11) is 0. The molecule has 22 heavy (non-hydrogen) atoms. The number of ketones is 1. The lowest BCUT2D eigenvalue weighted by Crippen LogP contribution is -2.41. The van der Waals surface area contributed by atoms with Crippen LogP contribution in [-0.2, 0) is 14.4 Å². The minimum atomic E-state index is -2.03. The number of carboxylic acids is 2. The molecule has 0 spiro atoms. The van der Waals surface area contributed by atoms with E-state index in [4.69, 9.17) is 10.2 Å². The van der Waals surface area contributed by atoms with E-state index < -0.39 is 40.5 Å². The lowest BCUT2D eigenvalue weighted by atomic mass is 9.85. The molecule has 0 aliphatic rings. The lowest BCUT2D eigenvalue weighted by Gasteiger charge is -2.16. The van der Waals surface area contributed by atoms with Crippen LogP contribution in [0.5, 0.6) is 0 Å². The van der Waals surface area contributed by atoms with Crippen LogP contribution in [0.4, 0.5) is 14.5 Å². The molecule has 0 amide bonds. The van der Waals surface area contributed by atoms with E-state index in [1.165, 1.54) is 0 Å². The largest absolute Gasteiger partial charge is 0.481 e. The highest BCUT2D eigenvalue weighted by atomic mass is 19.1. The van der Waals surface area contributed by atoms with Gasteiger partial charge in [0.25, 0.3) is 0 Å². The van der Waals surface area contributed by atoms with Crippen molar-refractivity contribution in [1.82, 2.24) is 0 Å². The summed E-state index contributed by atoms with van der Waals surface area (Å²) in [5, 5.41) is 21.1. The maximum Gasteiger partial charge on any atom is 0.360 e. The molecular formula is C13H12F2N2O5. The number of hydrogen-bond donors (Lipinski definition) is 3. The highest BCUT2D eigenvalue weighted by Crippen LogP contribution is 2.19. The number of hydrazone groups is 1.